The van der Waals surface area contributed by atoms with Crippen LogP contribution in [0.15, 0.2) is 18.2 Å². The van der Waals surface area contributed by atoms with Crippen molar-refractivity contribution in [3.8, 4) is 0 Å². The lowest BCUT2D eigenvalue weighted by molar-refractivity contribution is 0.0950. The quantitative estimate of drug-likeness (QED) is 0.777. The van der Waals surface area contributed by atoms with E-state index in [1.165, 1.54) is 0 Å². The molecule has 18 heavy (non-hydrogen) atoms. The molecule has 100 valence electrons. The molecular formula is C13H20ClN3O. The maximum atomic E-state index is 12.0. The van der Waals surface area contributed by atoms with E-state index in [2.05, 4.69) is 24.1 Å². The highest BCUT2D eigenvalue weighted by atomic mass is 35.5. The lowest BCUT2D eigenvalue weighted by Gasteiger charge is -2.18. The normalized spacial score (nSPS) is 10.7. The molecule has 1 rings (SSSR count). The lowest BCUT2D eigenvalue weighted by atomic mass is 10.1. The maximum Gasteiger partial charge on any atom is 0.254 e. The number of rotatable bonds is 6. The summed E-state index contributed by atoms with van der Waals surface area (Å²) in [5.74, 6) is -0.217. The molecule has 0 bridgehead atoms. The predicted octanol–water partition coefficient (Wildman–Crippen LogP) is 1.99. The van der Waals surface area contributed by atoms with Crippen LogP contribution in [0, 0.1) is 0 Å². The highest BCUT2D eigenvalue weighted by Gasteiger charge is 2.13. The van der Waals surface area contributed by atoms with Gasteiger partial charge in [0, 0.05) is 18.8 Å². The number of nitrogens with one attached hydrogen (secondary N) is 1. The molecule has 0 saturated carbocycles. The average molecular weight is 270 g/mol. The molecule has 1 aromatic rings. The van der Waals surface area contributed by atoms with Crippen molar-refractivity contribution in [3.63, 3.8) is 0 Å². The van der Waals surface area contributed by atoms with Crippen LogP contribution in [-0.4, -0.2) is 37.0 Å². The minimum atomic E-state index is -0.217. The summed E-state index contributed by atoms with van der Waals surface area (Å²) in [4.78, 5) is 14.2. The summed E-state index contributed by atoms with van der Waals surface area (Å²) in [5, 5.41) is 3.22. The van der Waals surface area contributed by atoms with Crippen LogP contribution in [0.5, 0.6) is 0 Å². The molecule has 0 aliphatic rings. The molecule has 0 fully saturated rings. The first-order chi connectivity index (χ1) is 8.60. The number of halogens is 1. The average Bonchev–Trinajstić information content (AvgIpc) is 2.34. The third-order valence-electron chi connectivity index (χ3n) is 2.88. The summed E-state index contributed by atoms with van der Waals surface area (Å²) in [5.41, 5.74) is 6.52. The van der Waals surface area contributed by atoms with E-state index in [9.17, 15) is 4.79 Å². The van der Waals surface area contributed by atoms with Crippen molar-refractivity contribution in [3.05, 3.63) is 28.8 Å². The van der Waals surface area contributed by atoms with Gasteiger partial charge >= 0.3 is 0 Å². The molecule has 0 radical (unpaired) electrons. The van der Waals surface area contributed by atoms with E-state index in [4.69, 9.17) is 17.3 Å². The highest BCUT2D eigenvalue weighted by molar-refractivity contribution is 6.34. The van der Waals surface area contributed by atoms with Crippen molar-refractivity contribution in [1.82, 2.24) is 10.2 Å². The molecule has 1 aromatic carbocycles. The van der Waals surface area contributed by atoms with Crippen LogP contribution in [-0.2, 0) is 0 Å². The number of nitrogen functional groups attached to an aromatic ring is 1. The summed E-state index contributed by atoms with van der Waals surface area (Å²) in [6.07, 6.45) is 0. The van der Waals surface area contributed by atoms with Crippen LogP contribution in [0.1, 0.15) is 24.2 Å². The second kappa shape index (κ2) is 7.24. The van der Waals surface area contributed by atoms with Crippen LogP contribution in [0.2, 0.25) is 5.02 Å². The van der Waals surface area contributed by atoms with E-state index < -0.39 is 0 Å². The Morgan fingerprint density at radius 3 is 2.61 bits per heavy atom. The van der Waals surface area contributed by atoms with Crippen molar-refractivity contribution in [1.29, 1.82) is 0 Å². The number of hydrogen-bond acceptors (Lipinski definition) is 3. The van der Waals surface area contributed by atoms with E-state index in [0.717, 1.165) is 19.6 Å². The predicted molar refractivity (Wildman–Crippen MR) is 76.0 cm³/mol. The Morgan fingerprint density at radius 1 is 1.39 bits per heavy atom. The Kier molecular flexibility index (Phi) is 5.95. The Hall–Kier alpha value is -1.26. The first kappa shape index (κ1) is 14.8. The smallest absolute Gasteiger partial charge is 0.254 e. The Bertz CT molecular complexity index is 385. The molecule has 4 nitrogen and oxygen atoms in total. The maximum absolute atomic E-state index is 12.0. The summed E-state index contributed by atoms with van der Waals surface area (Å²) in [6, 6.07) is 5.06. The fourth-order valence-electron chi connectivity index (χ4n) is 1.74. The Labute approximate surface area is 113 Å². The summed E-state index contributed by atoms with van der Waals surface area (Å²) in [6.45, 7) is 7.55. The number of amides is 1. The highest BCUT2D eigenvalue weighted by Crippen LogP contribution is 2.21. The molecule has 0 atom stereocenters. The molecule has 0 aromatic heterocycles. The van der Waals surface area contributed by atoms with Crippen molar-refractivity contribution < 1.29 is 4.79 Å². The van der Waals surface area contributed by atoms with Crippen LogP contribution < -0.4 is 11.1 Å². The van der Waals surface area contributed by atoms with Gasteiger partial charge in [0.05, 0.1) is 10.6 Å². The summed E-state index contributed by atoms with van der Waals surface area (Å²) in [7, 11) is 0. The van der Waals surface area contributed by atoms with Crippen LogP contribution >= 0.6 is 11.6 Å². The summed E-state index contributed by atoms with van der Waals surface area (Å²) < 4.78 is 0. The number of nitrogens with zero attached hydrogens (tertiary/aromatic N) is 1. The number of anilines is 1. The Balaban J connectivity index is 2.56. The van der Waals surface area contributed by atoms with Crippen LogP contribution in [0.3, 0.4) is 0 Å². The van der Waals surface area contributed by atoms with Gasteiger partial charge in [0.2, 0.25) is 0 Å². The monoisotopic (exact) mass is 269 g/mol. The molecule has 0 spiro atoms. The van der Waals surface area contributed by atoms with Crippen molar-refractivity contribution in [2.24, 2.45) is 0 Å². The number of carbonyl (C=O) groups is 1. The topological polar surface area (TPSA) is 58.4 Å². The fraction of sp³-hybridized carbons (Fsp3) is 0.462. The second-order valence-electron chi connectivity index (χ2n) is 3.99. The second-order valence-corrected chi connectivity index (χ2v) is 4.39. The van der Waals surface area contributed by atoms with Gasteiger partial charge in [-0.15, -0.1) is 0 Å². The first-order valence-corrected chi connectivity index (χ1v) is 6.52. The zero-order chi connectivity index (χ0) is 13.5. The zero-order valence-corrected chi connectivity index (χ0v) is 11.6. The third-order valence-corrected chi connectivity index (χ3v) is 3.20. The van der Waals surface area contributed by atoms with Crippen molar-refractivity contribution in [2.45, 2.75) is 13.8 Å². The molecule has 0 unspecified atom stereocenters. The van der Waals surface area contributed by atoms with Gasteiger partial charge in [-0.05, 0) is 25.2 Å². The molecular weight excluding hydrogens is 250 g/mol. The SMILES string of the molecule is CCN(CC)CCNC(=O)c1c(N)cccc1Cl. The van der Waals surface area contributed by atoms with Crippen LogP contribution in [0.4, 0.5) is 5.69 Å². The first-order valence-electron chi connectivity index (χ1n) is 6.14. The van der Waals surface area contributed by atoms with Gasteiger partial charge in [-0.1, -0.05) is 31.5 Å². The molecule has 1 amide bonds. The van der Waals surface area contributed by atoms with Gasteiger partial charge < -0.3 is 16.0 Å². The molecule has 0 aliphatic heterocycles. The molecule has 0 heterocycles. The van der Waals surface area contributed by atoms with Gasteiger partial charge in [0.25, 0.3) is 5.91 Å². The van der Waals surface area contributed by atoms with Crippen LogP contribution in [0.25, 0.3) is 0 Å². The van der Waals surface area contributed by atoms with Gasteiger partial charge in [0.15, 0.2) is 0 Å². The number of nitrogens with two attached hydrogens (primary N) is 1. The molecule has 0 saturated heterocycles. The number of likely N-dealkylation sites (N-methyl/N-ethyl adjacent to an activating group) is 1. The number of hydrogen-bond donors (Lipinski definition) is 2. The van der Waals surface area contributed by atoms with Gasteiger partial charge in [-0.25, -0.2) is 0 Å². The lowest BCUT2D eigenvalue weighted by Crippen LogP contribution is -2.35. The van der Waals surface area contributed by atoms with Crippen molar-refractivity contribution >= 4 is 23.2 Å². The summed E-state index contributed by atoms with van der Waals surface area (Å²) >= 11 is 5.97. The molecule has 3 N–H and O–H groups in total. The fourth-order valence-corrected chi connectivity index (χ4v) is 2.00. The van der Waals surface area contributed by atoms with E-state index in [-0.39, 0.29) is 5.91 Å². The zero-order valence-electron chi connectivity index (χ0n) is 10.9. The largest absolute Gasteiger partial charge is 0.398 e. The minimum Gasteiger partial charge on any atom is -0.398 e. The van der Waals surface area contributed by atoms with Crippen molar-refractivity contribution in [2.75, 3.05) is 31.9 Å². The molecule has 5 heteroatoms. The molecule has 0 aliphatic carbocycles. The van der Waals surface area contributed by atoms with E-state index in [1.54, 1.807) is 18.2 Å². The number of carbonyl (C=O) groups excluding carboxylic acids is 1. The van der Waals surface area contributed by atoms with E-state index in [1.807, 2.05) is 0 Å². The Morgan fingerprint density at radius 2 is 2.06 bits per heavy atom. The van der Waals surface area contributed by atoms with E-state index in [0.29, 0.717) is 22.8 Å². The van der Waals surface area contributed by atoms with Gasteiger partial charge in [0.1, 0.15) is 0 Å². The minimum absolute atomic E-state index is 0.217. The standard InChI is InChI=1S/C13H20ClN3O/c1-3-17(4-2)9-8-16-13(18)12-10(14)6-5-7-11(12)15/h5-7H,3-4,8-9,15H2,1-2H3,(H,16,18). The third kappa shape index (κ3) is 3.89. The number of benzene rings is 1. The van der Waals surface area contributed by atoms with E-state index >= 15 is 0 Å². The van der Waals surface area contributed by atoms with Gasteiger partial charge in [-0.3, -0.25) is 4.79 Å². The van der Waals surface area contributed by atoms with Gasteiger partial charge in [-0.2, -0.15) is 0 Å².